The summed E-state index contributed by atoms with van der Waals surface area (Å²) in [5, 5.41) is 6.98. The van der Waals surface area contributed by atoms with Crippen molar-refractivity contribution in [2.24, 2.45) is 0 Å². The van der Waals surface area contributed by atoms with Crippen molar-refractivity contribution in [3.63, 3.8) is 0 Å². The van der Waals surface area contributed by atoms with Crippen LogP contribution in [0, 0.1) is 13.8 Å². The molecule has 5 nitrogen and oxygen atoms in total. The molecule has 7 heteroatoms. The topological polar surface area (TPSA) is 72.2 Å². The van der Waals surface area contributed by atoms with E-state index in [1.54, 1.807) is 25.2 Å². The summed E-state index contributed by atoms with van der Waals surface area (Å²) >= 11 is 1.67. The Kier molecular flexibility index (Phi) is 4.27. The molecule has 1 atom stereocenters. The van der Waals surface area contributed by atoms with E-state index in [0.29, 0.717) is 17.9 Å². The third-order valence-corrected chi connectivity index (χ3v) is 6.53. The molecule has 0 saturated carbocycles. The zero-order valence-electron chi connectivity index (χ0n) is 13.2. The molecule has 3 rings (SSSR count). The number of rotatable bonds is 5. The number of aryl methyl sites for hydroxylation is 2. The number of nitrogens with one attached hydrogen (secondary N) is 1. The molecule has 0 bridgehead atoms. The molecule has 23 heavy (non-hydrogen) atoms. The molecule has 0 radical (unpaired) electrons. The molecule has 122 valence electrons. The number of fused-ring (bicyclic) bond motifs is 1. The summed E-state index contributed by atoms with van der Waals surface area (Å²) in [5.41, 5.74) is 1.53. The highest BCUT2D eigenvalue weighted by atomic mass is 32.2. The van der Waals surface area contributed by atoms with Crippen molar-refractivity contribution in [1.29, 1.82) is 0 Å². The largest absolute Gasteiger partial charge is 0.360 e. The van der Waals surface area contributed by atoms with E-state index in [9.17, 15) is 8.42 Å². The summed E-state index contributed by atoms with van der Waals surface area (Å²) in [7, 11) is -3.64. The van der Waals surface area contributed by atoms with Crippen molar-refractivity contribution >= 4 is 31.4 Å². The summed E-state index contributed by atoms with van der Waals surface area (Å²) in [5.74, 6) is 0.309. The maximum Gasteiger partial charge on any atom is 0.246 e. The van der Waals surface area contributed by atoms with Crippen molar-refractivity contribution in [2.75, 3.05) is 0 Å². The minimum Gasteiger partial charge on any atom is -0.360 e. The predicted octanol–water partition coefficient (Wildman–Crippen LogP) is 3.42. The van der Waals surface area contributed by atoms with Crippen LogP contribution in [0.15, 0.2) is 39.1 Å². The average Bonchev–Trinajstić information content (AvgIpc) is 3.03. The first kappa shape index (κ1) is 16.2. The third-order valence-electron chi connectivity index (χ3n) is 3.68. The second-order valence-corrected chi connectivity index (χ2v) is 8.20. The van der Waals surface area contributed by atoms with Crippen molar-refractivity contribution in [2.45, 2.75) is 38.1 Å². The second-order valence-electron chi connectivity index (χ2n) is 5.64. The quantitative estimate of drug-likeness (QED) is 0.765. The number of hydrogen-bond acceptors (Lipinski definition) is 5. The standard InChI is InChI=1S/C16H18N2O3S2/c1-10(8-13-9-22-15-7-5-4-6-14(13)15)18-23(19,20)16-11(2)17-21-12(16)3/h4-7,9-10,18H,8H2,1-3H3/t10-/m0/s1. The first-order valence-corrected chi connectivity index (χ1v) is 9.65. The highest BCUT2D eigenvalue weighted by Gasteiger charge is 2.26. The van der Waals surface area contributed by atoms with Gasteiger partial charge >= 0.3 is 0 Å². The van der Waals surface area contributed by atoms with Crippen LogP contribution in [0.4, 0.5) is 0 Å². The van der Waals surface area contributed by atoms with Gasteiger partial charge < -0.3 is 4.52 Å². The van der Waals surface area contributed by atoms with Crippen molar-refractivity contribution in [3.05, 3.63) is 46.7 Å². The lowest BCUT2D eigenvalue weighted by Gasteiger charge is -2.13. The van der Waals surface area contributed by atoms with Crippen LogP contribution in [0.5, 0.6) is 0 Å². The zero-order chi connectivity index (χ0) is 16.6. The molecule has 2 heterocycles. The molecule has 1 N–H and O–H groups in total. The van der Waals surface area contributed by atoms with Crippen LogP contribution >= 0.6 is 11.3 Å². The Morgan fingerprint density at radius 1 is 1.30 bits per heavy atom. The van der Waals surface area contributed by atoms with Gasteiger partial charge in [0, 0.05) is 10.7 Å². The number of sulfonamides is 1. The van der Waals surface area contributed by atoms with Gasteiger partial charge in [-0.1, -0.05) is 23.4 Å². The molecule has 0 fully saturated rings. The Balaban J connectivity index is 1.81. The molecule has 0 amide bonds. The lowest BCUT2D eigenvalue weighted by molar-refractivity contribution is 0.390. The molecule has 0 aliphatic heterocycles. The smallest absolute Gasteiger partial charge is 0.246 e. The van der Waals surface area contributed by atoms with Gasteiger partial charge in [0.1, 0.15) is 10.6 Å². The molecular weight excluding hydrogens is 332 g/mol. The van der Waals surface area contributed by atoms with Crippen LogP contribution in [0.1, 0.15) is 23.9 Å². The minimum atomic E-state index is -3.64. The van der Waals surface area contributed by atoms with Crippen molar-refractivity contribution in [3.8, 4) is 0 Å². The fraction of sp³-hybridized carbons (Fsp3) is 0.312. The predicted molar refractivity (Wildman–Crippen MR) is 91.3 cm³/mol. The SMILES string of the molecule is Cc1noc(C)c1S(=O)(=O)N[C@@H](C)Cc1csc2ccccc12. The molecule has 0 saturated heterocycles. The zero-order valence-corrected chi connectivity index (χ0v) is 14.8. The normalized spacial score (nSPS) is 13.5. The average molecular weight is 350 g/mol. The summed E-state index contributed by atoms with van der Waals surface area (Å²) in [6.45, 7) is 5.09. The van der Waals surface area contributed by atoms with E-state index < -0.39 is 10.0 Å². The van der Waals surface area contributed by atoms with E-state index in [0.717, 1.165) is 5.56 Å². The van der Waals surface area contributed by atoms with Crippen LogP contribution in [-0.4, -0.2) is 19.6 Å². The third kappa shape index (κ3) is 3.17. The van der Waals surface area contributed by atoms with Gasteiger partial charge in [0.2, 0.25) is 10.0 Å². The second kappa shape index (κ2) is 6.07. The molecule has 1 aromatic carbocycles. The van der Waals surface area contributed by atoms with Gasteiger partial charge in [-0.15, -0.1) is 11.3 Å². The molecule has 2 aromatic heterocycles. The van der Waals surface area contributed by atoms with Crippen LogP contribution < -0.4 is 4.72 Å². The Hall–Kier alpha value is -1.70. The maximum absolute atomic E-state index is 12.5. The van der Waals surface area contributed by atoms with Crippen molar-refractivity contribution < 1.29 is 12.9 Å². The molecule has 0 spiro atoms. The Morgan fingerprint density at radius 2 is 2.04 bits per heavy atom. The Morgan fingerprint density at radius 3 is 2.74 bits per heavy atom. The number of aromatic nitrogens is 1. The summed E-state index contributed by atoms with van der Waals surface area (Å²) in [4.78, 5) is 0.138. The van der Waals surface area contributed by atoms with Gasteiger partial charge in [-0.05, 0) is 49.6 Å². The first-order valence-electron chi connectivity index (χ1n) is 7.29. The molecule has 3 aromatic rings. The first-order chi connectivity index (χ1) is 10.9. The lowest BCUT2D eigenvalue weighted by atomic mass is 10.1. The monoisotopic (exact) mass is 350 g/mol. The van der Waals surface area contributed by atoms with E-state index >= 15 is 0 Å². The lowest BCUT2D eigenvalue weighted by Crippen LogP contribution is -2.34. The summed E-state index contributed by atoms with van der Waals surface area (Å²) in [6.07, 6.45) is 0.632. The maximum atomic E-state index is 12.5. The van der Waals surface area contributed by atoms with E-state index in [4.69, 9.17) is 4.52 Å². The van der Waals surface area contributed by atoms with Crippen LogP contribution in [0.3, 0.4) is 0 Å². The van der Waals surface area contributed by atoms with Gasteiger partial charge in [-0.25, -0.2) is 13.1 Å². The van der Waals surface area contributed by atoms with E-state index in [-0.39, 0.29) is 10.9 Å². The van der Waals surface area contributed by atoms with Crippen LogP contribution in [0.2, 0.25) is 0 Å². The Bertz CT molecular complexity index is 922. The number of benzene rings is 1. The molecule has 0 unspecified atom stereocenters. The highest BCUT2D eigenvalue weighted by Crippen LogP contribution is 2.27. The number of thiophene rings is 1. The summed E-state index contributed by atoms with van der Waals surface area (Å²) in [6, 6.07) is 7.91. The van der Waals surface area contributed by atoms with Crippen molar-refractivity contribution in [1.82, 2.24) is 9.88 Å². The van der Waals surface area contributed by atoms with Crippen LogP contribution in [-0.2, 0) is 16.4 Å². The van der Waals surface area contributed by atoms with Crippen LogP contribution in [0.25, 0.3) is 10.1 Å². The Labute approximate surface area is 139 Å². The number of nitrogens with zero attached hydrogens (tertiary/aromatic N) is 1. The van der Waals surface area contributed by atoms with Gasteiger partial charge in [0.05, 0.1) is 0 Å². The fourth-order valence-electron chi connectivity index (χ4n) is 2.74. The van der Waals surface area contributed by atoms with E-state index in [1.807, 2.05) is 19.1 Å². The van der Waals surface area contributed by atoms with Gasteiger partial charge in [-0.2, -0.15) is 0 Å². The summed E-state index contributed by atoms with van der Waals surface area (Å²) < 4.78 is 33.9. The van der Waals surface area contributed by atoms with Gasteiger partial charge in [0.15, 0.2) is 5.76 Å². The molecule has 0 aliphatic carbocycles. The van der Waals surface area contributed by atoms with Gasteiger partial charge in [0.25, 0.3) is 0 Å². The van der Waals surface area contributed by atoms with E-state index in [1.165, 1.54) is 10.1 Å². The van der Waals surface area contributed by atoms with Gasteiger partial charge in [-0.3, -0.25) is 0 Å². The highest BCUT2D eigenvalue weighted by molar-refractivity contribution is 7.89. The number of hydrogen-bond donors (Lipinski definition) is 1. The fourth-order valence-corrected chi connectivity index (χ4v) is 5.29. The molecule has 0 aliphatic rings. The van der Waals surface area contributed by atoms with E-state index in [2.05, 4.69) is 27.4 Å². The minimum absolute atomic E-state index is 0.138. The molecular formula is C16H18N2O3S2.